The van der Waals surface area contributed by atoms with E-state index in [2.05, 4.69) is 15.9 Å². The fourth-order valence-corrected chi connectivity index (χ4v) is 1.99. The van der Waals surface area contributed by atoms with Crippen molar-refractivity contribution >= 4 is 21.7 Å². The van der Waals surface area contributed by atoms with Crippen molar-refractivity contribution in [1.29, 1.82) is 0 Å². The second-order valence-corrected chi connectivity index (χ2v) is 4.75. The highest BCUT2D eigenvalue weighted by molar-refractivity contribution is 9.10. The van der Waals surface area contributed by atoms with Crippen molar-refractivity contribution in [2.45, 2.75) is 12.6 Å². The van der Waals surface area contributed by atoms with Gasteiger partial charge >= 0.3 is 6.18 Å². The third-order valence-electron chi connectivity index (χ3n) is 2.52. The van der Waals surface area contributed by atoms with Gasteiger partial charge in [-0.2, -0.15) is 13.2 Å². The van der Waals surface area contributed by atoms with Crippen molar-refractivity contribution in [3.63, 3.8) is 0 Å². The molecule has 0 saturated heterocycles. The van der Waals surface area contributed by atoms with Crippen LogP contribution in [0.1, 0.15) is 21.7 Å². The largest absolute Gasteiger partial charge is 0.460 e. The molecule has 1 aromatic heterocycles. The van der Waals surface area contributed by atoms with Gasteiger partial charge in [-0.3, -0.25) is 4.79 Å². The van der Waals surface area contributed by atoms with E-state index in [-0.39, 0.29) is 18.0 Å². The third-order valence-corrected chi connectivity index (χ3v) is 3.14. The standard InChI is InChI=1S/C13H8BrF3O2/c14-10-5-6-19-12(10)11(18)7-8-1-3-9(4-2-8)13(15,16)17/h1-6H,7H2. The summed E-state index contributed by atoms with van der Waals surface area (Å²) in [7, 11) is 0. The highest BCUT2D eigenvalue weighted by Crippen LogP contribution is 2.29. The van der Waals surface area contributed by atoms with Gasteiger partial charge in [0.25, 0.3) is 0 Å². The second kappa shape index (κ2) is 5.21. The summed E-state index contributed by atoms with van der Waals surface area (Å²) in [5.74, 6) is -0.128. The molecule has 0 amide bonds. The van der Waals surface area contributed by atoms with Gasteiger partial charge in [0.2, 0.25) is 5.78 Å². The van der Waals surface area contributed by atoms with E-state index in [1.54, 1.807) is 6.07 Å². The van der Waals surface area contributed by atoms with Crippen LogP contribution in [0.5, 0.6) is 0 Å². The van der Waals surface area contributed by atoms with Crippen LogP contribution in [-0.2, 0) is 12.6 Å². The Labute approximate surface area is 115 Å². The van der Waals surface area contributed by atoms with Gasteiger partial charge in [0.05, 0.1) is 16.3 Å². The average Bonchev–Trinajstić information content (AvgIpc) is 2.75. The van der Waals surface area contributed by atoms with Crippen LogP contribution in [0.15, 0.2) is 45.5 Å². The number of alkyl halides is 3. The lowest BCUT2D eigenvalue weighted by Gasteiger charge is -2.07. The van der Waals surface area contributed by atoms with E-state index >= 15 is 0 Å². The van der Waals surface area contributed by atoms with Crippen LogP contribution in [-0.4, -0.2) is 5.78 Å². The van der Waals surface area contributed by atoms with Gasteiger partial charge in [-0.05, 0) is 39.7 Å². The van der Waals surface area contributed by atoms with Crippen LogP contribution < -0.4 is 0 Å². The second-order valence-electron chi connectivity index (χ2n) is 3.89. The van der Waals surface area contributed by atoms with Gasteiger partial charge in [-0.15, -0.1) is 0 Å². The Morgan fingerprint density at radius 2 is 1.79 bits per heavy atom. The quantitative estimate of drug-likeness (QED) is 0.775. The zero-order valence-corrected chi connectivity index (χ0v) is 11.1. The number of furan rings is 1. The molecule has 1 aromatic carbocycles. The summed E-state index contributed by atoms with van der Waals surface area (Å²) in [6, 6.07) is 6.08. The summed E-state index contributed by atoms with van der Waals surface area (Å²) in [5.41, 5.74) is -0.232. The minimum absolute atomic E-state index is 0.00967. The molecule has 0 radical (unpaired) electrons. The zero-order chi connectivity index (χ0) is 14.0. The highest BCUT2D eigenvalue weighted by Gasteiger charge is 2.30. The molecule has 0 unspecified atom stereocenters. The van der Waals surface area contributed by atoms with Crippen molar-refractivity contribution in [3.05, 3.63) is 58.0 Å². The molecule has 0 aliphatic rings. The Balaban J connectivity index is 2.12. The molecule has 6 heteroatoms. The van der Waals surface area contributed by atoms with Crippen LogP contribution in [0, 0.1) is 0 Å². The number of Topliss-reactive ketones (excluding diaryl/α,β-unsaturated/α-hetero) is 1. The SMILES string of the molecule is O=C(Cc1ccc(C(F)(F)F)cc1)c1occc1Br. The maximum atomic E-state index is 12.4. The Kier molecular flexibility index (Phi) is 3.80. The van der Waals surface area contributed by atoms with Crippen molar-refractivity contribution < 1.29 is 22.4 Å². The van der Waals surface area contributed by atoms with Crippen LogP contribution in [0.25, 0.3) is 0 Å². The van der Waals surface area contributed by atoms with E-state index in [4.69, 9.17) is 4.42 Å². The Hall–Kier alpha value is -1.56. The van der Waals surface area contributed by atoms with Crippen molar-refractivity contribution in [2.75, 3.05) is 0 Å². The van der Waals surface area contributed by atoms with Gasteiger partial charge in [-0.1, -0.05) is 12.1 Å². The molecule has 19 heavy (non-hydrogen) atoms. The Bertz CT molecular complexity index is 585. The normalized spacial score (nSPS) is 11.6. The van der Waals surface area contributed by atoms with Crippen molar-refractivity contribution in [1.82, 2.24) is 0 Å². The first-order valence-corrected chi connectivity index (χ1v) is 6.09. The van der Waals surface area contributed by atoms with Crippen LogP contribution >= 0.6 is 15.9 Å². The summed E-state index contributed by atoms with van der Waals surface area (Å²) < 4.78 is 42.6. The average molecular weight is 333 g/mol. The molecule has 0 fully saturated rings. The predicted octanol–water partition coefficient (Wildman–Crippen LogP) is 4.49. The maximum absolute atomic E-state index is 12.4. The summed E-state index contributed by atoms with van der Waals surface area (Å²) in [5, 5.41) is 0. The fraction of sp³-hybridized carbons (Fsp3) is 0.154. The lowest BCUT2D eigenvalue weighted by Crippen LogP contribution is -2.06. The molecule has 0 aliphatic heterocycles. The monoisotopic (exact) mass is 332 g/mol. The molecule has 2 rings (SSSR count). The smallest absolute Gasteiger partial charge is 0.416 e. The topological polar surface area (TPSA) is 30.2 Å². The molecular weight excluding hydrogens is 325 g/mol. The summed E-state index contributed by atoms with van der Waals surface area (Å²) in [6.07, 6.45) is -3.01. The summed E-state index contributed by atoms with van der Waals surface area (Å²) in [4.78, 5) is 11.8. The zero-order valence-electron chi connectivity index (χ0n) is 9.50. The molecular formula is C13H8BrF3O2. The molecule has 0 aliphatic carbocycles. The number of hydrogen-bond donors (Lipinski definition) is 0. The summed E-state index contributed by atoms with van der Waals surface area (Å²) in [6.45, 7) is 0. The number of carbonyl (C=O) groups is 1. The van der Waals surface area contributed by atoms with Crippen LogP contribution in [0.4, 0.5) is 13.2 Å². The lowest BCUT2D eigenvalue weighted by atomic mass is 10.1. The lowest BCUT2D eigenvalue weighted by molar-refractivity contribution is -0.137. The van der Waals surface area contributed by atoms with Gasteiger partial charge in [0, 0.05) is 6.42 Å². The first kappa shape index (κ1) is 13.9. The molecule has 0 atom stereocenters. The van der Waals surface area contributed by atoms with Gasteiger partial charge in [0.15, 0.2) is 5.76 Å². The van der Waals surface area contributed by atoms with E-state index in [0.29, 0.717) is 10.0 Å². The van der Waals surface area contributed by atoms with E-state index in [1.807, 2.05) is 0 Å². The highest BCUT2D eigenvalue weighted by atomic mass is 79.9. The minimum atomic E-state index is -4.37. The van der Waals surface area contributed by atoms with Gasteiger partial charge < -0.3 is 4.42 Å². The third kappa shape index (κ3) is 3.26. The number of halogens is 4. The fourth-order valence-electron chi connectivity index (χ4n) is 1.57. The van der Waals surface area contributed by atoms with E-state index in [9.17, 15) is 18.0 Å². The van der Waals surface area contributed by atoms with Crippen molar-refractivity contribution in [2.24, 2.45) is 0 Å². The van der Waals surface area contributed by atoms with Gasteiger partial charge in [0.1, 0.15) is 0 Å². The van der Waals surface area contributed by atoms with E-state index in [0.717, 1.165) is 12.1 Å². The number of rotatable bonds is 3. The van der Waals surface area contributed by atoms with E-state index in [1.165, 1.54) is 18.4 Å². The molecule has 0 spiro atoms. The molecule has 2 nitrogen and oxygen atoms in total. The Morgan fingerprint density at radius 3 is 2.26 bits per heavy atom. The molecule has 0 N–H and O–H groups in total. The summed E-state index contributed by atoms with van der Waals surface area (Å²) >= 11 is 3.15. The minimum Gasteiger partial charge on any atom is -0.460 e. The maximum Gasteiger partial charge on any atom is 0.416 e. The first-order chi connectivity index (χ1) is 8.88. The molecule has 2 aromatic rings. The molecule has 100 valence electrons. The number of benzene rings is 1. The van der Waals surface area contributed by atoms with Gasteiger partial charge in [-0.25, -0.2) is 0 Å². The van der Waals surface area contributed by atoms with Crippen molar-refractivity contribution in [3.8, 4) is 0 Å². The van der Waals surface area contributed by atoms with Crippen LogP contribution in [0.2, 0.25) is 0 Å². The molecule has 0 bridgehead atoms. The molecule has 0 saturated carbocycles. The number of carbonyl (C=O) groups excluding carboxylic acids is 1. The Morgan fingerprint density at radius 1 is 1.16 bits per heavy atom. The predicted molar refractivity (Wildman–Crippen MR) is 65.9 cm³/mol. The van der Waals surface area contributed by atoms with E-state index < -0.39 is 11.7 Å². The number of hydrogen-bond acceptors (Lipinski definition) is 2. The van der Waals surface area contributed by atoms with Crippen LogP contribution in [0.3, 0.4) is 0 Å². The molecule has 1 heterocycles. The first-order valence-electron chi connectivity index (χ1n) is 5.30. The number of ketones is 1.